The largest absolute Gasteiger partial charge is 0.310 e. The Balaban J connectivity index is 3.72. The fourth-order valence-electron chi connectivity index (χ4n) is 0.788. The van der Waals surface area contributed by atoms with Crippen molar-refractivity contribution in [1.29, 1.82) is 0 Å². The van der Waals surface area contributed by atoms with Gasteiger partial charge in [0.1, 0.15) is 5.78 Å². The Morgan fingerprint density at radius 1 is 1.60 bits per heavy atom. The number of nitrogens with zero attached hydrogens (tertiary/aromatic N) is 1. The summed E-state index contributed by atoms with van der Waals surface area (Å²) < 4.78 is 0. The van der Waals surface area contributed by atoms with Crippen LogP contribution in [0, 0.1) is 0 Å². The molecule has 0 saturated heterocycles. The Morgan fingerprint density at radius 2 is 2.10 bits per heavy atom. The van der Waals surface area contributed by atoms with Crippen LogP contribution in [0.5, 0.6) is 0 Å². The van der Waals surface area contributed by atoms with Crippen molar-refractivity contribution in [3.8, 4) is 0 Å². The van der Waals surface area contributed by atoms with Crippen molar-refractivity contribution >= 4 is 5.78 Å². The van der Waals surface area contributed by atoms with Gasteiger partial charge in [-0.15, -0.1) is 0 Å². The topological polar surface area (TPSA) is 32.3 Å². The number of likely N-dealkylation sites (N-methyl/N-ethyl adjacent to an activating group) is 2. The number of carbonyl (C=O) groups is 1. The maximum absolute atomic E-state index is 10.8. The third-order valence-electron chi connectivity index (χ3n) is 1.39. The molecule has 0 amide bonds. The molecule has 0 aliphatic heterocycles. The molecule has 0 heterocycles. The van der Waals surface area contributed by atoms with Crippen molar-refractivity contribution < 1.29 is 4.79 Å². The molecule has 0 aromatic carbocycles. The van der Waals surface area contributed by atoms with E-state index >= 15 is 0 Å². The molecule has 0 aliphatic carbocycles. The molecule has 1 N–H and O–H groups in total. The first-order chi connectivity index (χ1) is 4.57. The Morgan fingerprint density at radius 3 is 2.20 bits per heavy atom. The highest BCUT2D eigenvalue weighted by Crippen LogP contribution is 1.86. The third kappa shape index (κ3) is 3.58. The minimum atomic E-state index is -0.0185. The summed E-state index contributed by atoms with van der Waals surface area (Å²) in [5.41, 5.74) is 0. The molecule has 0 radical (unpaired) electrons. The molecule has 3 nitrogen and oxygen atoms in total. The molecule has 10 heavy (non-hydrogen) atoms. The highest BCUT2D eigenvalue weighted by atomic mass is 16.1. The summed E-state index contributed by atoms with van der Waals surface area (Å²) in [6.45, 7) is 2.37. The number of carbonyl (C=O) groups excluding carboxylic acids is 1. The van der Waals surface area contributed by atoms with Gasteiger partial charge in [-0.05, 0) is 28.1 Å². The van der Waals surface area contributed by atoms with Gasteiger partial charge in [-0.25, -0.2) is 0 Å². The second-order valence-corrected chi connectivity index (χ2v) is 2.71. The summed E-state index contributed by atoms with van der Waals surface area (Å²) in [5, 5.41) is 2.94. The molecule has 0 fully saturated rings. The van der Waals surface area contributed by atoms with E-state index in [9.17, 15) is 4.79 Å². The first-order valence-electron chi connectivity index (χ1n) is 3.40. The summed E-state index contributed by atoms with van der Waals surface area (Å²) in [7, 11) is 5.70. The summed E-state index contributed by atoms with van der Waals surface area (Å²) in [6, 6.07) is -0.0185. The highest BCUT2D eigenvalue weighted by Gasteiger charge is 2.10. The predicted octanol–water partition coefficient (Wildman–Crippen LogP) is -0.275. The van der Waals surface area contributed by atoms with Crippen LogP contribution in [0.1, 0.15) is 6.92 Å². The zero-order valence-corrected chi connectivity index (χ0v) is 7.14. The number of rotatable bonds is 4. The molecule has 0 aromatic rings. The van der Waals surface area contributed by atoms with Crippen LogP contribution in [0.3, 0.4) is 0 Å². The smallest absolute Gasteiger partial charge is 0.147 e. The molecule has 0 saturated carbocycles. The summed E-state index contributed by atoms with van der Waals surface area (Å²) in [4.78, 5) is 12.8. The lowest BCUT2D eigenvalue weighted by Gasteiger charge is -2.17. The van der Waals surface area contributed by atoms with Crippen molar-refractivity contribution in [2.75, 3.05) is 27.7 Å². The molecule has 60 valence electrons. The van der Waals surface area contributed by atoms with Crippen LogP contribution < -0.4 is 5.32 Å². The maximum Gasteiger partial charge on any atom is 0.147 e. The fraction of sp³-hybridized carbons (Fsp3) is 0.857. The SMILES string of the molecule is CN[C@@H](CN(C)C)C(C)=O. The molecular formula is C7H16N2O. The predicted molar refractivity (Wildman–Crippen MR) is 42.1 cm³/mol. The van der Waals surface area contributed by atoms with Crippen LogP contribution in [0.4, 0.5) is 0 Å². The van der Waals surface area contributed by atoms with Crippen molar-refractivity contribution in [1.82, 2.24) is 10.2 Å². The van der Waals surface area contributed by atoms with Crippen molar-refractivity contribution in [2.45, 2.75) is 13.0 Å². The fourth-order valence-corrected chi connectivity index (χ4v) is 0.788. The van der Waals surface area contributed by atoms with Crippen LogP contribution in [-0.2, 0) is 4.79 Å². The minimum Gasteiger partial charge on any atom is -0.310 e. The van der Waals surface area contributed by atoms with Crippen LogP contribution in [0.15, 0.2) is 0 Å². The number of nitrogens with one attached hydrogen (secondary N) is 1. The van der Waals surface area contributed by atoms with Gasteiger partial charge in [0.2, 0.25) is 0 Å². The van der Waals surface area contributed by atoms with E-state index < -0.39 is 0 Å². The lowest BCUT2D eigenvalue weighted by Crippen LogP contribution is -2.41. The second kappa shape index (κ2) is 4.41. The molecule has 0 spiro atoms. The number of hydrogen-bond donors (Lipinski definition) is 1. The van der Waals surface area contributed by atoms with Crippen molar-refractivity contribution in [3.05, 3.63) is 0 Å². The van der Waals surface area contributed by atoms with E-state index in [1.54, 1.807) is 14.0 Å². The van der Waals surface area contributed by atoms with Gasteiger partial charge in [-0.2, -0.15) is 0 Å². The zero-order valence-electron chi connectivity index (χ0n) is 7.14. The molecular weight excluding hydrogens is 128 g/mol. The van der Waals surface area contributed by atoms with Gasteiger partial charge in [0.05, 0.1) is 6.04 Å². The first-order valence-corrected chi connectivity index (χ1v) is 3.40. The first kappa shape index (κ1) is 9.59. The number of ketones is 1. The maximum atomic E-state index is 10.8. The number of Topliss-reactive ketones (excluding diaryl/α,β-unsaturated/α-hetero) is 1. The number of hydrogen-bond acceptors (Lipinski definition) is 3. The monoisotopic (exact) mass is 144 g/mol. The molecule has 0 unspecified atom stereocenters. The van der Waals surface area contributed by atoms with Crippen LogP contribution in [0.2, 0.25) is 0 Å². The summed E-state index contributed by atoms with van der Waals surface area (Å²) in [5.74, 6) is 0.191. The van der Waals surface area contributed by atoms with E-state index in [1.807, 2.05) is 19.0 Å². The Kier molecular flexibility index (Phi) is 4.23. The van der Waals surface area contributed by atoms with Gasteiger partial charge in [0.25, 0.3) is 0 Å². The van der Waals surface area contributed by atoms with Gasteiger partial charge < -0.3 is 10.2 Å². The summed E-state index contributed by atoms with van der Waals surface area (Å²) >= 11 is 0. The molecule has 3 heteroatoms. The standard InChI is InChI=1S/C7H16N2O/c1-6(10)7(8-2)5-9(3)4/h7-8H,5H2,1-4H3/t7-/m0/s1. The molecule has 1 atom stereocenters. The zero-order chi connectivity index (χ0) is 8.15. The lowest BCUT2D eigenvalue weighted by molar-refractivity contribution is -0.119. The van der Waals surface area contributed by atoms with Crippen LogP contribution in [-0.4, -0.2) is 44.4 Å². The molecule has 0 bridgehead atoms. The average Bonchev–Trinajstić information content (AvgIpc) is 1.81. The lowest BCUT2D eigenvalue weighted by atomic mass is 10.2. The second-order valence-electron chi connectivity index (χ2n) is 2.71. The van der Waals surface area contributed by atoms with Crippen LogP contribution in [0.25, 0.3) is 0 Å². The Bertz CT molecular complexity index is 112. The minimum absolute atomic E-state index is 0.0185. The third-order valence-corrected chi connectivity index (χ3v) is 1.39. The normalized spacial score (nSPS) is 13.7. The van der Waals surface area contributed by atoms with E-state index in [4.69, 9.17) is 0 Å². The molecule has 0 rings (SSSR count). The highest BCUT2D eigenvalue weighted by molar-refractivity contribution is 5.81. The van der Waals surface area contributed by atoms with Gasteiger partial charge in [0, 0.05) is 6.54 Å². The van der Waals surface area contributed by atoms with Crippen LogP contribution >= 0.6 is 0 Å². The van der Waals surface area contributed by atoms with Gasteiger partial charge in [-0.1, -0.05) is 0 Å². The van der Waals surface area contributed by atoms with Gasteiger partial charge >= 0.3 is 0 Å². The van der Waals surface area contributed by atoms with E-state index in [0.717, 1.165) is 6.54 Å². The van der Waals surface area contributed by atoms with Gasteiger partial charge in [0.15, 0.2) is 0 Å². The van der Waals surface area contributed by atoms with E-state index in [-0.39, 0.29) is 11.8 Å². The quantitative estimate of drug-likeness (QED) is 0.589. The summed E-state index contributed by atoms with van der Waals surface area (Å²) in [6.07, 6.45) is 0. The van der Waals surface area contributed by atoms with Crippen molar-refractivity contribution in [2.24, 2.45) is 0 Å². The van der Waals surface area contributed by atoms with E-state index in [2.05, 4.69) is 5.32 Å². The molecule has 0 aliphatic rings. The van der Waals surface area contributed by atoms with Crippen molar-refractivity contribution in [3.63, 3.8) is 0 Å². The van der Waals surface area contributed by atoms with E-state index in [0.29, 0.717) is 0 Å². The van der Waals surface area contributed by atoms with E-state index in [1.165, 1.54) is 0 Å². The average molecular weight is 144 g/mol. The van der Waals surface area contributed by atoms with Gasteiger partial charge in [-0.3, -0.25) is 4.79 Å². The Labute approximate surface area is 62.4 Å². The Hall–Kier alpha value is -0.410. The molecule has 0 aromatic heterocycles.